The SMILES string of the molecule is B.[AlH3].[SrH2].[Ti]. The number of hydrogen-bond donors (Lipinski definition) is 0. The van der Waals surface area contributed by atoms with Gasteiger partial charge >= 0.3 is 45.5 Å². The van der Waals surface area contributed by atoms with Gasteiger partial charge in [-0.2, -0.15) is 0 Å². The molecular formula is H8AlBSrTi. The van der Waals surface area contributed by atoms with Crippen molar-refractivity contribution in [2.75, 3.05) is 0 Å². The largest absolute Gasteiger partial charge is 0 e. The van der Waals surface area contributed by atoms with Gasteiger partial charge in [-0.05, 0) is 0 Å². The fourth-order valence-corrected chi connectivity index (χ4v) is 0. The first-order chi connectivity index (χ1) is 0. The second-order valence-electron chi connectivity index (χ2n) is 0. The van der Waals surface area contributed by atoms with Crippen LogP contribution in [0.1, 0.15) is 0 Å². The minimum Gasteiger partial charge on any atom is 0 e. The minimum absolute atomic E-state index is 0. The molecule has 0 N–H and O–H groups in total. The summed E-state index contributed by atoms with van der Waals surface area (Å²) < 4.78 is 0. The van der Waals surface area contributed by atoms with E-state index in [1.165, 1.54) is 0 Å². The molecule has 0 aliphatic carbocycles. The van der Waals surface area contributed by atoms with Gasteiger partial charge in [-0.3, -0.25) is 0 Å². The van der Waals surface area contributed by atoms with Crippen molar-refractivity contribution in [2.24, 2.45) is 0 Å². The molecule has 0 aromatic rings. The fourth-order valence-electron chi connectivity index (χ4n) is 0. The van der Waals surface area contributed by atoms with E-state index in [4.69, 9.17) is 0 Å². The van der Waals surface area contributed by atoms with Crippen molar-refractivity contribution in [3.05, 3.63) is 0 Å². The molecule has 0 aromatic heterocycles. The van der Waals surface area contributed by atoms with E-state index in [2.05, 4.69) is 0 Å². The van der Waals surface area contributed by atoms with E-state index in [-0.39, 0.29) is 93.0 Å². The van der Waals surface area contributed by atoms with Crippen molar-refractivity contribution in [3.8, 4) is 0 Å². The Morgan fingerprint density at radius 2 is 1.00 bits per heavy atom. The van der Waals surface area contributed by atoms with Crippen LogP contribution in [0.25, 0.3) is 0 Å². The summed E-state index contributed by atoms with van der Waals surface area (Å²) in [6.07, 6.45) is 0. The van der Waals surface area contributed by atoms with E-state index in [9.17, 15) is 0 Å². The average Bonchev–Trinajstić information content (AvgIpc) is 0. The van der Waals surface area contributed by atoms with Crippen molar-refractivity contribution < 1.29 is 21.7 Å². The third-order valence-electron chi connectivity index (χ3n) is 0. The van der Waals surface area contributed by atoms with Crippen molar-refractivity contribution in [1.29, 1.82) is 0 Å². The molecule has 0 radical (unpaired) electrons. The summed E-state index contributed by atoms with van der Waals surface area (Å²) in [6, 6.07) is 0. The van der Waals surface area contributed by atoms with Crippen LogP contribution in [0.5, 0.6) is 0 Å². The van der Waals surface area contributed by atoms with Crippen LogP contribution in [-0.2, 0) is 21.7 Å². The summed E-state index contributed by atoms with van der Waals surface area (Å²) >= 11 is 0. The normalized spacial score (nSPS) is 0. The second kappa shape index (κ2) is 17.1. The van der Waals surface area contributed by atoms with Crippen molar-refractivity contribution in [1.82, 2.24) is 0 Å². The zero-order valence-electron chi connectivity index (χ0n) is 0.500. The molecule has 0 fully saturated rings. The Kier molecular flexibility index (Phi) is 125. The van der Waals surface area contributed by atoms with Gasteiger partial charge in [0.2, 0.25) is 0 Å². The van der Waals surface area contributed by atoms with E-state index in [1.54, 1.807) is 0 Å². The Morgan fingerprint density at radius 3 is 1.00 bits per heavy atom. The Labute approximate surface area is 91.0 Å². The van der Waals surface area contributed by atoms with Crippen LogP contribution in [0, 0.1) is 0 Å². The van der Waals surface area contributed by atoms with Gasteiger partial charge in [-0.25, -0.2) is 0 Å². The molecular weight excluding hydrogens is 173 g/mol. The Hall–Kier alpha value is 2.79. The molecule has 0 saturated heterocycles. The predicted octanol–water partition coefficient (Wildman–Crippen LogP) is -3.29. The molecule has 0 amide bonds. The first-order valence-corrected chi connectivity index (χ1v) is 0. The Balaban J connectivity index is 0. The van der Waals surface area contributed by atoms with E-state index in [0.717, 1.165) is 0 Å². The molecule has 0 aliphatic heterocycles. The monoisotopic (exact) mass is 182 g/mol. The Morgan fingerprint density at radius 1 is 1.00 bits per heavy atom. The van der Waals surface area contributed by atoms with Crippen LogP contribution in [0.15, 0.2) is 0 Å². The maximum Gasteiger partial charge on any atom is 0 e. The van der Waals surface area contributed by atoms with Gasteiger partial charge in [-0.1, -0.05) is 0 Å². The summed E-state index contributed by atoms with van der Waals surface area (Å²) in [6.45, 7) is 0. The van der Waals surface area contributed by atoms with E-state index >= 15 is 0 Å². The molecule has 0 unspecified atom stereocenters. The molecule has 0 aliphatic rings. The fraction of sp³-hybridized carbons (Fsp3) is 0. The molecule has 0 spiro atoms. The first kappa shape index (κ1) is 29.2. The van der Waals surface area contributed by atoms with Crippen molar-refractivity contribution in [2.45, 2.75) is 0 Å². The smallest absolute Gasteiger partial charge is 0 e. The van der Waals surface area contributed by atoms with E-state index in [0.29, 0.717) is 0 Å². The molecule has 0 heterocycles. The minimum atomic E-state index is 0. The topological polar surface area (TPSA) is 0 Å². The first-order valence-electron chi connectivity index (χ1n) is 0. The van der Waals surface area contributed by atoms with Gasteiger partial charge in [0.05, 0.1) is 8.41 Å². The molecule has 0 atom stereocenters. The molecule has 4 heteroatoms. The molecule has 0 aromatic carbocycles. The zero-order chi connectivity index (χ0) is 0. The van der Waals surface area contributed by atoms with Gasteiger partial charge in [-0.15, -0.1) is 0 Å². The van der Waals surface area contributed by atoms with E-state index in [1.807, 2.05) is 0 Å². The van der Waals surface area contributed by atoms with Gasteiger partial charge < -0.3 is 0 Å². The van der Waals surface area contributed by atoms with Crippen molar-refractivity contribution in [3.63, 3.8) is 0 Å². The zero-order valence-corrected chi connectivity index (χ0v) is 2.06. The average molecular weight is 181 g/mol. The quantitative estimate of drug-likeness (QED) is 0.344. The maximum absolute atomic E-state index is 0. The molecule has 0 nitrogen and oxygen atoms in total. The molecule has 20 valence electrons. The summed E-state index contributed by atoms with van der Waals surface area (Å²) in [5, 5.41) is 0. The van der Waals surface area contributed by atoms with Crippen LogP contribution in [-0.4, -0.2) is 71.3 Å². The van der Waals surface area contributed by atoms with Crippen LogP contribution >= 0.6 is 0 Å². The van der Waals surface area contributed by atoms with Crippen LogP contribution in [0.4, 0.5) is 0 Å². The van der Waals surface area contributed by atoms with Gasteiger partial charge in [0, 0.05) is 21.7 Å². The van der Waals surface area contributed by atoms with Gasteiger partial charge in [0.15, 0.2) is 17.4 Å². The molecule has 0 saturated carbocycles. The molecule has 0 bridgehead atoms. The van der Waals surface area contributed by atoms with Crippen LogP contribution < -0.4 is 0 Å². The standard InChI is InChI=1S/Al.BH3.Sr.Ti.5H/h;1H3;;;;;;;. The summed E-state index contributed by atoms with van der Waals surface area (Å²) in [4.78, 5) is 0. The van der Waals surface area contributed by atoms with Crippen LogP contribution in [0.3, 0.4) is 0 Å². The second-order valence-corrected chi connectivity index (χ2v) is 0. The molecule has 0 rings (SSSR count). The van der Waals surface area contributed by atoms with Crippen LogP contribution in [0.2, 0.25) is 0 Å². The molecule has 4 heavy (non-hydrogen) atoms. The van der Waals surface area contributed by atoms with Gasteiger partial charge in [0.1, 0.15) is 0 Å². The van der Waals surface area contributed by atoms with E-state index < -0.39 is 0 Å². The number of rotatable bonds is 0. The summed E-state index contributed by atoms with van der Waals surface area (Å²) in [7, 11) is 0. The predicted molar refractivity (Wildman–Crippen MR) is 28.4 cm³/mol. The maximum atomic E-state index is 0. The van der Waals surface area contributed by atoms with Gasteiger partial charge in [0.25, 0.3) is 0 Å². The summed E-state index contributed by atoms with van der Waals surface area (Å²) in [5.41, 5.74) is 0. The third kappa shape index (κ3) is 8.84. The number of hydrogen-bond acceptors (Lipinski definition) is 0. The van der Waals surface area contributed by atoms with Crippen molar-refractivity contribution >= 4 is 71.3 Å². The third-order valence-corrected chi connectivity index (χ3v) is 0. The Bertz CT molecular complexity index is 8.00. The summed E-state index contributed by atoms with van der Waals surface area (Å²) in [5.74, 6) is 0.